The minimum Gasteiger partial charge on any atom is -0.395 e. The van der Waals surface area contributed by atoms with E-state index >= 15 is 0 Å². The predicted octanol–water partition coefficient (Wildman–Crippen LogP) is -0.856. The van der Waals surface area contributed by atoms with Crippen LogP contribution in [0.4, 0.5) is 11.6 Å². The van der Waals surface area contributed by atoms with E-state index in [0.717, 1.165) is 37.8 Å². The summed E-state index contributed by atoms with van der Waals surface area (Å²) in [5.74, 6) is 2.27. The smallest absolute Gasteiger partial charge is 0.262 e. The Morgan fingerprint density at radius 3 is 1.94 bits per heavy atom. The van der Waals surface area contributed by atoms with Crippen LogP contribution in [-0.4, -0.2) is 108 Å². The van der Waals surface area contributed by atoms with E-state index in [0.29, 0.717) is 38.5 Å². The quantitative estimate of drug-likeness (QED) is 0.601. The van der Waals surface area contributed by atoms with Gasteiger partial charge in [-0.3, -0.25) is 4.90 Å². The molecule has 0 aliphatic carbocycles. The first-order valence-electron chi connectivity index (χ1n) is 10.6. The summed E-state index contributed by atoms with van der Waals surface area (Å²) in [6, 6.07) is 3.93. The Hall–Kier alpha value is -2.28. The molecule has 0 radical (unpaired) electrons. The summed E-state index contributed by atoms with van der Waals surface area (Å²) < 4.78 is 28.9. The normalized spacial score (nSPS) is 19.2. The molecule has 11 nitrogen and oxygen atoms in total. The topological polar surface area (TPSA) is 111 Å². The van der Waals surface area contributed by atoms with Crippen molar-refractivity contribution in [2.24, 2.45) is 7.05 Å². The van der Waals surface area contributed by atoms with Crippen molar-refractivity contribution in [3.63, 3.8) is 0 Å². The first-order chi connectivity index (χ1) is 14.9. The first kappa shape index (κ1) is 21.9. The van der Waals surface area contributed by atoms with Gasteiger partial charge in [0.05, 0.1) is 6.61 Å². The molecule has 0 amide bonds. The van der Waals surface area contributed by atoms with Gasteiger partial charge in [0.2, 0.25) is 0 Å². The number of aliphatic hydroxyl groups is 1. The van der Waals surface area contributed by atoms with Crippen LogP contribution in [0.2, 0.25) is 0 Å². The van der Waals surface area contributed by atoms with E-state index in [9.17, 15) is 8.42 Å². The zero-order valence-corrected chi connectivity index (χ0v) is 18.9. The maximum atomic E-state index is 12.9. The van der Waals surface area contributed by atoms with Crippen LogP contribution in [-0.2, 0) is 17.1 Å². The molecule has 2 aromatic heterocycles. The number of nitrogens with zero attached hydrogens (tertiary/aromatic N) is 8. The van der Waals surface area contributed by atoms with Crippen molar-refractivity contribution in [2.75, 3.05) is 75.3 Å². The molecule has 31 heavy (non-hydrogen) atoms. The molecule has 2 fully saturated rings. The highest BCUT2D eigenvalue weighted by Gasteiger charge is 2.31. The Bertz CT molecular complexity index is 959. The third kappa shape index (κ3) is 4.66. The van der Waals surface area contributed by atoms with E-state index in [1.807, 2.05) is 12.1 Å². The van der Waals surface area contributed by atoms with Crippen LogP contribution in [0.25, 0.3) is 0 Å². The molecule has 170 valence electrons. The van der Waals surface area contributed by atoms with E-state index in [1.54, 1.807) is 24.7 Å². The fraction of sp³-hybridized carbons (Fsp3) is 0.632. The second-order valence-corrected chi connectivity index (χ2v) is 9.82. The maximum absolute atomic E-state index is 12.9. The highest BCUT2D eigenvalue weighted by molar-refractivity contribution is 7.89. The number of imidazole rings is 1. The van der Waals surface area contributed by atoms with Gasteiger partial charge in [-0.05, 0) is 19.1 Å². The van der Waals surface area contributed by atoms with Crippen LogP contribution in [0.3, 0.4) is 0 Å². The van der Waals surface area contributed by atoms with E-state index in [4.69, 9.17) is 5.11 Å². The van der Waals surface area contributed by atoms with Crippen LogP contribution in [0.15, 0.2) is 23.4 Å². The third-order valence-electron chi connectivity index (χ3n) is 6.00. The summed E-state index contributed by atoms with van der Waals surface area (Å²) in [5, 5.41) is 18.0. The van der Waals surface area contributed by atoms with Gasteiger partial charge in [-0.1, -0.05) is 0 Å². The average Bonchev–Trinajstić information content (AvgIpc) is 3.14. The predicted molar refractivity (Wildman–Crippen MR) is 117 cm³/mol. The fourth-order valence-electron chi connectivity index (χ4n) is 3.94. The third-order valence-corrected chi connectivity index (χ3v) is 7.77. The SMILES string of the molecule is Cc1nc(S(=O)(=O)N2CCN(c3ccc(N4CCN(CCO)CC4)nn3)CC2)cn1C. The van der Waals surface area contributed by atoms with Crippen LogP contribution >= 0.6 is 0 Å². The van der Waals surface area contributed by atoms with Crippen LogP contribution in [0.1, 0.15) is 5.82 Å². The summed E-state index contributed by atoms with van der Waals surface area (Å²) in [7, 11) is -1.80. The molecule has 0 atom stereocenters. The molecule has 4 heterocycles. The molecule has 2 aliphatic heterocycles. The van der Waals surface area contributed by atoms with Gasteiger partial charge < -0.3 is 19.5 Å². The number of hydrogen-bond acceptors (Lipinski definition) is 9. The lowest BCUT2D eigenvalue weighted by Gasteiger charge is -2.35. The van der Waals surface area contributed by atoms with Crippen LogP contribution < -0.4 is 9.80 Å². The lowest BCUT2D eigenvalue weighted by Crippen LogP contribution is -2.49. The van der Waals surface area contributed by atoms with E-state index in [-0.39, 0.29) is 11.6 Å². The van der Waals surface area contributed by atoms with Crippen molar-refractivity contribution in [1.82, 2.24) is 29.0 Å². The molecule has 0 saturated carbocycles. The number of hydrogen-bond donors (Lipinski definition) is 1. The van der Waals surface area contributed by atoms with Crippen molar-refractivity contribution in [3.05, 3.63) is 24.2 Å². The Kier molecular flexibility index (Phi) is 6.42. The molecular formula is C19H30N8O3S. The zero-order chi connectivity index (χ0) is 22.0. The van der Waals surface area contributed by atoms with E-state index in [2.05, 4.69) is 29.9 Å². The Labute approximate surface area is 182 Å². The Morgan fingerprint density at radius 2 is 1.48 bits per heavy atom. The Balaban J connectivity index is 1.34. The van der Waals surface area contributed by atoms with Crippen molar-refractivity contribution < 1.29 is 13.5 Å². The summed E-state index contributed by atoms with van der Waals surface area (Å²) >= 11 is 0. The van der Waals surface area contributed by atoms with Gasteiger partial charge in [-0.15, -0.1) is 10.2 Å². The van der Waals surface area contributed by atoms with E-state index < -0.39 is 10.0 Å². The van der Waals surface area contributed by atoms with Gasteiger partial charge in [-0.25, -0.2) is 13.4 Å². The van der Waals surface area contributed by atoms with Crippen molar-refractivity contribution >= 4 is 21.7 Å². The molecule has 0 unspecified atom stereocenters. The van der Waals surface area contributed by atoms with Gasteiger partial charge in [0.25, 0.3) is 10.0 Å². The number of aliphatic hydroxyl groups excluding tert-OH is 1. The second kappa shape index (κ2) is 9.07. The minimum absolute atomic E-state index is 0.101. The van der Waals surface area contributed by atoms with Crippen molar-refractivity contribution in [3.8, 4) is 0 Å². The molecule has 0 spiro atoms. The monoisotopic (exact) mass is 450 g/mol. The highest BCUT2D eigenvalue weighted by atomic mass is 32.2. The van der Waals surface area contributed by atoms with Gasteiger partial charge >= 0.3 is 0 Å². The number of sulfonamides is 1. The minimum atomic E-state index is -3.59. The molecule has 4 rings (SSSR count). The van der Waals surface area contributed by atoms with Crippen molar-refractivity contribution in [2.45, 2.75) is 11.9 Å². The van der Waals surface area contributed by atoms with Gasteiger partial charge in [0.15, 0.2) is 16.7 Å². The first-order valence-corrected chi connectivity index (χ1v) is 12.0. The molecule has 0 aromatic carbocycles. The second-order valence-electron chi connectivity index (χ2n) is 7.93. The molecule has 1 N–H and O–H groups in total. The zero-order valence-electron chi connectivity index (χ0n) is 18.1. The molecule has 2 aliphatic rings. The van der Waals surface area contributed by atoms with Crippen LogP contribution in [0.5, 0.6) is 0 Å². The number of rotatable bonds is 6. The number of aryl methyl sites for hydroxylation is 2. The number of aromatic nitrogens is 4. The average molecular weight is 451 g/mol. The van der Waals surface area contributed by atoms with Gasteiger partial charge in [0, 0.05) is 72.1 Å². The Morgan fingerprint density at radius 1 is 0.935 bits per heavy atom. The summed E-state index contributed by atoms with van der Waals surface area (Å²) in [5.41, 5.74) is 0. The summed E-state index contributed by atoms with van der Waals surface area (Å²) in [4.78, 5) is 10.7. The molecule has 2 saturated heterocycles. The number of piperazine rings is 2. The molecule has 0 bridgehead atoms. The fourth-order valence-corrected chi connectivity index (χ4v) is 5.39. The van der Waals surface area contributed by atoms with E-state index in [1.165, 1.54) is 4.31 Å². The molecule has 2 aromatic rings. The lowest BCUT2D eigenvalue weighted by atomic mass is 10.3. The molecular weight excluding hydrogens is 420 g/mol. The van der Waals surface area contributed by atoms with Gasteiger partial charge in [0.1, 0.15) is 5.82 Å². The largest absolute Gasteiger partial charge is 0.395 e. The highest BCUT2D eigenvalue weighted by Crippen LogP contribution is 2.21. The van der Waals surface area contributed by atoms with Gasteiger partial charge in [-0.2, -0.15) is 4.31 Å². The molecule has 12 heteroatoms. The number of anilines is 2. The lowest BCUT2D eigenvalue weighted by molar-refractivity contribution is 0.188. The maximum Gasteiger partial charge on any atom is 0.262 e. The standard InChI is InChI=1S/C19H30N8O3S/c1-16-20-19(15-23(16)2)31(29,30)27-11-9-26(10-12-27)18-4-3-17(21-22-18)25-7-5-24(6-8-25)13-14-28/h3-4,15,28H,5-14H2,1-2H3. The van der Waals surface area contributed by atoms with Crippen molar-refractivity contribution in [1.29, 1.82) is 0 Å². The summed E-state index contributed by atoms with van der Waals surface area (Å²) in [6.07, 6.45) is 1.56. The number of β-amino-alcohol motifs (C(OH)–C–C–N with tert-alkyl or cyclic N) is 1. The van der Waals surface area contributed by atoms with Crippen LogP contribution in [0, 0.1) is 6.92 Å². The summed E-state index contributed by atoms with van der Waals surface area (Å²) in [6.45, 7) is 8.07.